The van der Waals surface area contributed by atoms with Gasteiger partial charge in [0.15, 0.2) is 5.57 Å². The fourth-order valence-corrected chi connectivity index (χ4v) is 1.78. The molecule has 0 radical (unpaired) electrons. The highest BCUT2D eigenvalue weighted by Gasteiger charge is 2.09. The highest BCUT2D eigenvalue weighted by atomic mass is 14.9. The highest BCUT2D eigenvalue weighted by Crippen LogP contribution is 2.23. The van der Waals surface area contributed by atoms with Gasteiger partial charge in [-0.1, -0.05) is 12.1 Å². The van der Waals surface area contributed by atoms with Crippen LogP contribution in [0.5, 0.6) is 0 Å². The maximum Gasteiger partial charge on any atom is 0.153 e. The summed E-state index contributed by atoms with van der Waals surface area (Å²) < 4.78 is 0. The number of anilines is 3. The molecule has 0 aliphatic rings. The van der Waals surface area contributed by atoms with E-state index in [2.05, 4.69) is 5.32 Å². The van der Waals surface area contributed by atoms with Crippen LogP contribution < -0.4 is 16.8 Å². The van der Waals surface area contributed by atoms with Crippen LogP contribution in [0.1, 0.15) is 5.56 Å². The third-order valence-electron chi connectivity index (χ3n) is 2.85. The topological polar surface area (TPSA) is 112 Å². The van der Waals surface area contributed by atoms with Gasteiger partial charge in [-0.05, 0) is 36.4 Å². The Morgan fingerprint density at radius 2 is 1.29 bits per heavy atom. The number of rotatable bonds is 3. The van der Waals surface area contributed by atoms with Gasteiger partial charge >= 0.3 is 0 Å². The molecule has 0 aromatic heterocycles. The van der Waals surface area contributed by atoms with Crippen molar-refractivity contribution in [2.24, 2.45) is 0 Å². The van der Waals surface area contributed by atoms with Gasteiger partial charge in [0.2, 0.25) is 0 Å². The lowest BCUT2D eigenvalue weighted by molar-refractivity contribution is 1.44. The monoisotopic (exact) mass is 275 g/mol. The van der Waals surface area contributed by atoms with Crippen LogP contribution in [0, 0.1) is 22.7 Å². The fraction of sp³-hybridized carbons (Fsp3) is 0. The van der Waals surface area contributed by atoms with Crippen LogP contribution in [0.4, 0.5) is 17.1 Å². The van der Waals surface area contributed by atoms with E-state index >= 15 is 0 Å². The first-order chi connectivity index (χ1) is 10.1. The van der Waals surface area contributed by atoms with Crippen LogP contribution in [0.2, 0.25) is 0 Å². The lowest BCUT2D eigenvalue weighted by Crippen LogP contribution is -2.02. The van der Waals surface area contributed by atoms with Crippen LogP contribution in [0.25, 0.3) is 5.70 Å². The minimum Gasteiger partial charge on any atom is -0.399 e. The van der Waals surface area contributed by atoms with Crippen molar-refractivity contribution >= 4 is 22.8 Å². The van der Waals surface area contributed by atoms with Gasteiger partial charge < -0.3 is 16.8 Å². The van der Waals surface area contributed by atoms with Crippen molar-refractivity contribution in [2.75, 3.05) is 16.8 Å². The SMILES string of the molecule is N#CC(C#N)=C(Nc1ccc(N)cc1)c1ccc(N)cc1. The number of nitrogens with zero attached hydrogens (tertiary/aromatic N) is 2. The minimum atomic E-state index is -0.00315. The first-order valence-corrected chi connectivity index (χ1v) is 6.17. The molecule has 0 unspecified atom stereocenters. The molecule has 2 rings (SSSR count). The quantitative estimate of drug-likeness (QED) is 0.589. The third kappa shape index (κ3) is 3.31. The fourth-order valence-electron chi connectivity index (χ4n) is 1.78. The maximum atomic E-state index is 9.12. The van der Waals surface area contributed by atoms with Crippen molar-refractivity contribution < 1.29 is 0 Å². The molecule has 0 heterocycles. The van der Waals surface area contributed by atoms with E-state index in [4.69, 9.17) is 22.0 Å². The molecular weight excluding hydrogens is 262 g/mol. The molecular formula is C16H13N5. The summed E-state index contributed by atoms with van der Waals surface area (Å²) in [5.41, 5.74) is 14.4. The number of hydrogen-bond donors (Lipinski definition) is 3. The van der Waals surface area contributed by atoms with Crippen LogP contribution in [0.15, 0.2) is 54.1 Å². The summed E-state index contributed by atoms with van der Waals surface area (Å²) in [4.78, 5) is 0. The Balaban J connectivity index is 2.46. The normalized spacial score (nSPS) is 9.24. The van der Waals surface area contributed by atoms with Gasteiger partial charge in [-0.3, -0.25) is 0 Å². The predicted molar refractivity (Wildman–Crippen MR) is 83.5 cm³/mol. The van der Waals surface area contributed by atoms with Crippen molar-refractivity contribution in [3.63, 3.8) is 0 Å². The number of benzene rings is 2. The molecule has 5 heteroatoms. The molecule has 102 valence electrons. The summed E-state index contributed by atoms with van der Waals surface area (Å²) in [6.07, 6.45) is 0. The first kappa shape index (κ1) is 14.0. The Labute approximate surface area is 122 Å². The van der Waals surface area contributed by atoms with E-state index in [9.17, 15) is 0 Å². The van der Waals surface area contributed by atoms with E-state index in [-0.39, 0.29) is 5.57 Å². The molecule has 2 aromatic rings. The number of allylic oxidation sites excluding steroid dienone is 1. The summed E-state index contributed by atoms with van der Waals surface area (Å²) in [6, 6.07) is 17.8. The standard InChI is InChI=1S/C16H13N5/c17-9-12(10-18)16(11-1-3-13(19)4-2-11)21-15-7-5-14(20)6-8-15/h1-8,21H,19-20H2. The smallest absolute Gasteiger partial charge is 0.153 e. The van der Waals surface area contributed by atoms with Crippen molar-refractivity contribution in [2.45, 2.75) is 0 Å². The molecule has 0 fully saturated rings. The zero-order chi connectivity index (χ0) is 15.2. The van der Waals surface area contributed by atoms with Crippen molar-refractivity contribution in [1.82, 2.24) is 0 Å². The van der Waals surface area contributed by atoms with E-state index in [1.165, 1.54) is 0 Å². The molecule has 0 saturated heterocycles. The molecule has 0 spiro atoms. The van der Waals surface area contributed by atoms with Crippen molar-refractivity contribution in [3.05, 3.63) is 59.7 Å². The van der Waals surface area contributed by atoms with Gasteiger partial charge in [-0.25, -0.2) is 0 Å². The lowest BCUT2D eigenvalue weighted by Gasteiger charge is -2.12. The number of hydrogen-bond acceptors (Lipinski definition) is 5. The summed E-state index contributed by atoms with van der Waals surface area (Å²) in [7, 11) is 0. The lowest BCUT2D eigenvalue weighted by atomic mass is 10.1. The number of nitrogen functional groups attached to an aromatic ring is 2. The molecule has 2 aromatic carbocycles. The highest BCUT2D eigenvalue weighted by molar-refractivity contribution is 5.84. The van der Waals surface area contributed by atoms with Crippen LogP contribution in [0.3, 0.4) is 0 Å². The Morgan fingerprint density at radius 3 is 1.76 bits per heavy atom. The molecule has 21 heavy (non-hydrogen) atoms. The molecule has 0 aliphatic heterocycles. The zero-order valence-electron chi connectivity index (χ0n) is 11.2. The molecule has 5 N–H and O–H groups in total. The van der Waals surface area contributed by atoms with Gasteiger partial charge in [-0.2, -0.15) is 10.5 Å². The van der Waals surface area contributed by atoms with Crippen LogP contribution >= 0.6 is 0 Å². The van der Waals surface area contributed by atoms with Gasteiger partial charge in [0.05, 0.1) is 5.70 Å². The second-order valence-electron chi connectivity index (χ2n) is 4.34. The van der Waals surface area contributed by atoms with E-state index in [0.717, 1.165) is 5.69 Å². The maximum absolute atomic E-state index is 9.12. The van der Waals surface area contributed by atoms with E-state index in [1.807, 2.05) is 12.1 Å². The third-order valence-corrected chi connectivity index (χ3v) is 2.85. The Kier molecular flexibility index (Phi) is 4.09. The first-order valence-electron chi connectivity index (χ1n) is 6.17. The Hall–Kier alpha value is -3.44. The second-order valence-corrected chi connectivity index (χ2v) is 4.34. The summed E-state index contributed by atoms with van der Waals surface area (Å²) >= 11 is 0. The average molecular weight is 275 g/mol. The summed E-state index contributed by atoms with van der Waals surface area (Å²) in [5.74, 6) is 0. The van der Waals surface area contributed by atoms with Crippen molar-refractivity contribution in [3.8, 4) is 12.1 Å². The van der Waals surface area contributed by atoms with E-state index < -0.39 is 0 Å². The van der Waals surface area contributed by atoms with Gasteiger partial charge in [0, 0.05) is 22.6 Å². The number of nitrogens with two attached hydrogens (primary N) is 2. The van der Waals surface area contributed by atoms with Gasteiger partial charge in [-0.15, -0.1) is 0 Å². The van der Waals surface area contributed by atoms with Crippen LogP contribution in [-0.4, -0.2) is 0 Å². The van der Waals surface area contributed by atoms with Gasteiger partial charge in [0.1, 0.15) is 12.1 Å². The number of nitrogens with one attached hydrogen (secondary N) is 1. The largest absolute Gasteiger partial charge is 0.399 e. The van der Waals surface area contributed by atoms with E-state index in [1.54, 1.807) is 48.5 Å². The van der Waals surface area contributed by atoms with E-state index in [0.29, 0.717) is 22.6 Å². The molecule has 0 atom stereocenters. The summed E-state index contributed by atoms with van der Waals surface area (Å²) in [5, 5.41) is 21.3. The molecule has 0 saturated carbocycles. The predicted octanol–water partition coefficient (Wildman–Crippen LogP) is 2.72. The van der Waals surface area contributed by atoms with Crippen LogP contribution in [-0.2, 0) is 0 Å². The molecule has 0 aliphatic carbocycles. The molecule has 0 amide bonds. The molecule has 5 nitrogen and oxygen atoms in total. The average Bonchev–Trinajstić information content (AvgIpc) is 2.50. The Morgan fingerprint density at radius 1 is 0.810 bits per heavy atom. The second kappa shape index (κ2) is 6.14. The Bertz CT molecular complexity index is 727. The van der Waals surface area contributed by atoms with Crippen molar-refractivity contribution in [1.29, 1.82) is 10.5 Å². The minimum absolute atomic E-state index is 0.00315. The van der Waals surface area contributed by atoms with Gasteiger partial charge in [0.25, 0.3) is 0 Å². The number of nitriles is 2. The molecule has 0 bridgehead atoms. The zero-order valence-corrected chi connectivity index (χ0v) is 11.2. The summed E-state index contributed by atoms with van der Waals surface area (Å²) in [6.45, 7) is 0.